The summed E-state index contributed by atoms with van der Waals surface area (Å²) in [7, 11) is 0. The number of fused-ring (bicyclic) bond motifs is 3. The molecule has 1 aromatic heterocycles. The van der Waals surface area contributed by atoms with E-state index in [-0.39, 0.29) is 43.5 Å². The fourth-order valence-electron chi connectivity index (χ4n) is 8.66. The summed E-state index contributed by atoms with van der Waals surface area (Å²) in [6.45, 7) is 5.35. The van der Waals surface area contributed by atoms with Gasteiger partial charge in [0.05, 0.1) is 11.6 Å². The van der Waals surface area contributed by atoms with E-state index in [0.29, 0.717) is 51.0 Å². The van der Waals surface area contributed by atoms with Crippen molar-refractivity contribution in [2.75, 3.05) is 33.0 Å². The van der Waals surface area contributed by atoms with Crippen molar-refractivity contribution in [3.8, 4) is 17.2 Å². The van der Waals surface area contributed by atoms with Gasteiger partial charge in [0.1, 0.15) is 11.5 Å². The monoisotopic (exact) mass is 747 g/mol. The number of nitrogens with zero attached hydrogens (tertiary/aromatic N) is 3. The number of allylic oxidation sites excluding steroid dienone is 2. The summed E-state index contributed by atoms with van der Waals surface area (Å²) in [5.74, 6) is 0.680. The van der Waals surface area contributed by atoms with E-state index in [1.54, 1.807) is 68.5 Å². The Morgan fingerprint density at radius 1 is 0.855 bits per heavy atom. The molecule has 1 saturated heterocycles. The highest BCUT2D eigenvalue weighted by atomic mass is 19.2. The Labute approximate surface area is 318 Å². The predicted octanol–water partition coefficient (Wildman–Crippen LogP) is 6.70. The van der Waals surface area contributed by atoms with Gasteiger partial charge in [-0.2, -0.15) is 0 Å². The molecular formula is C42H44BF2N5O5. The molecule has 0 bridgehead atoms. The number of phenolic OH excluding ortho intramolecular Hbond substituents is 1. The van der Waals surface area contributed by atoms with Gasteiger partial charge in [-0.3, -0.25) is 14.5 Å². The molecule has 4 aliphatic heterocycles. The van der Waals surface area contributed by atoms with E-state index in [9.17, 15) is 14.7 Å². The van der Waals surface area contributed by atoms with Crippen LogP contribution in [0.15, 0.2) is 84.1 Å². The van der Waals surface area contributed by atoms with Gasteiger partial charge in [0.25, 0.3) is 11.8 Å². The zero-order chi connectivity index (χ0) is 38.6. The number of amides is 2. The third-order valence-corrected chi connectivity index (χ3v) is 11.1. The van der Waals surface area contributed by atoms with Crippen molar-refractivity contribution in [1.82, 2.24) is 20.0 Å². The van der Waals surface area contributed by atoms with Crippen molar-refractivity contribution in [1.29, 1.82) is 0 Å². The lowest BCUT2D eigenvalue weighted by Gasteiger charge is -2.35. The largest absolute Gasteiger partial charge is 0.737 e. The molecule has 13 heteroatoms. The fraction of sp³-hybridized carbons (Fsp3) is 0.310. The zero-order valence-electron chi connectivity index (χ0n) is 31.4. The van der Waals surface area contributed by atoms with E-state index in [1.165, 1.54) is 0 Å². The number of carbonyl (C=O) groups excluding carboxylic acids is 2. The van der Waals surface area contributed by atoms with Crippen molar-refractivity contribution >= 4 is 30.1 Å². The Kier molecular flexibility index (Phi) is 9.36. The Morgan fingerprint density at radius 2 is 1.45 bits per heavy atom. The maximum absolute atomic E-state index is 16.0. The molecule has 0 aliphatic carbocycles. The van der Waals surface area contributed by atoms with Crippen LogP contribution in [0.3, 0.4) is 0 Å². The highest BCUT2D eigenvalue weighted by molar-refractivity contribution is 6.58. The fourth-order valence-corrected chi connectivity index (χ4v) is 8.66. The first-order valence-corrected chi connectivity index (χ1v) is 18.8. The molecule has 4 aromatic rings. The van der Waals surface area contributed by atoms with Gasteiger partial charge in [-0.1, -0.05) is 30.7 Å². The molecule has 0 spiro atoms. The van der Waals surface area contributed by atoms with Gasteiger partial charge in [-0.15, -0.1) is 0 Å². The van der Waals surface area contributed by atoms with Gasteiger partial charge >= 0.3 is 6.97 Å². The number of rotatable bonds is 9. The summed E-state index contributed by atoms with van der Waals surface area (Å²) >= 11 is 0. The molecule has 1 atom stereocenters. The number of phenols is 1. The minimum Gasteiger partial charge on any atom is -0.507 e. The summed E-state index contributed by atoms with van der Waals surface area (Å²) in [6, 6.07) is 19.4. The molecule has 1 fully saturated rings. The number of halogens is 2. The van der Waals surface area contributed by atoms with E-state index >= 15 is 8.63 Å². The maximum Gasteiger partial charge on any atom is 0.737 e. The highest BCUT2D eigenvalue weighted by Crippen LogP contribution is 2.45. The Morgan fingerprint density at radius 3 is 2.09 bits per heavy atom. The smallest absolute Gasteiger partial charge is 0.507 e. The molecule has 4 aliphatic rings. The van der Waals surface area contributed by atoms with Crippen molar-refractivity contribution in [2.24, 2.45) is 0 Å². The number of piperidine rings is 1. The van der Waals surface area contributed by atoms with Crippen molar-refractivity contribution in [3.63, 3.8) is 0 Å². The summed E-state index contributed by atoms with van der Waals surface area (Å²) in [4.78, 5) is 28.5. The van der Waals surface area contributed by atoms with Crippen LogP contribution in [0.2, 0.25) is 0 Å². The topological polar surface area (TPSA) is 108 Å². The van der Waals surface area contributed by atoms with Gasteiger partial charge in [0, 0.05) is 60.1 Å². The number of aryl methyl sites for hydroxylation is 2. The first-order chi connectivity index (χ1) is 26.4. The van der Waals surface area contributed by atoms with Crippen LogP contribution in [0.4, 0.5) is 8.63 Å². The number of aromatic hydroxyl groups is 1. The quantitative estimate of drug-likeness (QED) is 0.130. The number of aromatic nitrogens is 1. The van der Waals surface area contributed by atoms with Gasteiger partial charge in [0.2, 0.25) is 6.79 Å². The van der Waals surface area contributed by atoms with Crippen LogP contribution in [0.25, 0.3) is 5.57 Å². The zero-order valence-corrected chi connectivity index (χ0v) is 31.4. The highest BCUT2D eigenvalue weighted by Gasteiger charge is 2.55. The van der Waals surface area contributed by atoms with Crippen molar-refractivity contribution in [2.45, 2.75) is 53.0 Å². The van der Waals surface area contributed by atoms with Crippen LogP contribution < -0.4 is 20.1 Å². The molecule has 8 rings (SSSR count). The lowest BCUT2D eigenvalue weighted by Crippen LogP contribution is -2.51. The molecule has 10 nitrogen and oxygen atoms in total. The molecule has 0 radical (unpaired) electrons. The number of nitrogens with one attached hydrogen (secondary N) is 2. The second kappa shape index (κ2) is 14.2. The summed E-state index contributed by atoms with van der Waals surface area (Å²) in [5.41, 5.74) is 7.51. The lowest BCUT2D eigenvalue weighted by atomic mass is 9.83. The van der Waals surface area contributed by atoms with Crippen LogP contribution in [0.5, 0.6) is 17.2 Å². The van der Waals surface area contributed by atoms with Crippen LogP contribution in [0.1, 0.15) is 93.5 Å². The summed E-state index contributed by atoms with van der Waals surface area (Å²) < 4.78 is 45.4. The summed E-state index contributed by atoms with van der Waals surface area (Å²) in [6.07, 6.45) is 5.09. The molecule has 3 N–H and O–H groups in total. The minimum absolute atomic E-state index is 0.117. The molecule has 284 valence electrons. The van der Waals surface area contributed by atoms with Crippen LogP contribution in [-0.4, -0.2) is 76.4 Å². The SMILES string of the molecule is CC1=CC(C)=[N+]2C1=C(c1ccc(C(=O)NCCNC(=O)c3ccc(C(c4cc5c(cc4O)OCO5)N4CCCCC4)cc3)cc1)c1c(C)cc(C)n1[B-]2(F)F. The first-order valence-electron chi connectivity index (χ1n) is 18.8. The molecule has 0 saturated carbocycles. The van der Waals surface area contributed by atoms with Gasteiger partial charge in [-0.05, 0) is 105 Å². The van der Waals surface area contributed by atoms with E-state index in [2.05, 4.69) is 15.5 Å². The molecule has 3 aromatic carbocycles. The van der Waals surface area contributed by atoms with E-state index in [1.807, 2.05) is 32.0 Å². The first kappa shape index (κ1) is 36.3. The number of hydrogen-bond donors (Lipinski definition) is 3. The molecule has 2 amide bonds. The molecule has 5 heterocycles. The minimum atomic E-state index is -4.07. The molecule has 55 heavy (non-hydrogen) atoms. The van der Waals surface area contributed by atoms with E-state index in [4.69, 9.17) is 9.47 Å². The van der Waals surface area contributed by atoms with Gasteiger partial charge in [0.15, 0.2) is 17.2 Å². The second-order valence-electron chi connectivity index (χ2n) is 14.8. The predicted molar refractivity (Wildman–Crippen MR) is 207 cm³/mol. The van der Waals surface area contributed by atoms with Crippen molar-refractivity contribution in [3.05, 3.63) is 129 Å². The number of ether oxygens (including phenoxy) is 2. The average molecular weight is 748 g/mol. The van der Waals surface area contributed by atoms with Crippen LogP contribution in [0, 0.1) is 13.8 Å². The van der Waals surface area contributed by atoms with Crippen LogP contribution in [-0.2, 0) is 0 Å². The number of likely N-dealkylation sites (tertiary alicyclic amines) is 1. The lowest BCUT2D eigenvalue weighted by molar-refractivity contribution is -0.363. The Hall–Kier alpha value is -5.69. The van der Waals surface area contributed by atoms with Gasteiger partial charge in [-0.25, -0.2) is 0 Å². The van der Waals surface area contributed by atoms with Crippen LogP contribution >= 0.6 is 0 Å². The average Bonchev–Trinajstić information content (AvgIpc) is 3.85. The summed E-state index contributed by atoms with van der Waals surface area (Å²) in [5, 5.41) is 16.7. The number of benzene rings is 3. The van der Waals surface area contributed by atoms with E-state index in [0.717, 1.165) is 69.1 Å². The Balaban J connectivity index is 0.916. The third kappa shape index (κ3) is 6.39. The normalized spacial score (nSPS) is 17.8. The molecule has 1 unspecified atom stereocenters. The molecular weight excluding hydrogens is 703 g/mol. The van der Waals surface area contributed by atoms with Gasteiger partial charge < -0.3 is 42.8 Å². The third-order valence-electron chi connectivity index (χ3n) is 11.1. The number of hydrogen-bond acceptors (Lipinski definition) is 6. The number of carbonyl (C=O) groups is 2. The maximum atomic E-state index is 16.0. The standard InChI is InChI=1S/C42H44BF2N5O5/c1-25-20-27(3)49-38(25)37(39-26(2)21-28(4)50(39)43(49,44)45)29-8-12-31(13-9-29)41(52)46-16-17-47-42(53)32-14-10-30(11-15-32)40(48-18-6-5-7-19-48)33-22-35-36(23-34(33)51)55-24-54-35/h8-15,20-23,40,51H,5-7,16-19,24H2,1-4H3,(H,46,52)(H,47,53). The Bertz CT molecular complexity index is 2310. The van der Waals surface area contributed by atoms with Crippen molar-refractivity contribution < 1.29 is 37.3 Å². The second-order valence-corrected chi connectivity index (χ2v) is 14.8. The van der Waals surface area contributed by atoms with E-state index < -0.39 is 6.97 Å².